The lowest BCUT2D eigenvalue weighted by atomic mass is 9.93. The van der Waals surface area contributed by atoms with Gasteiger partial charge in [-0.2, -0.15) is 13.2 Å². The van der Waals surface area contributed by atoms with Crippen molar-refractivity contribution in [3.63, 3.8) is 0 Å². The lowest BCUT2D eigenvalue weighted by molar-refractivity contribution is -0.177. The van der Waals surface area contributed by atoms with Gasteiger partial charge in [-0.1, -0.05) is 68.2 Å². The second-order valence-electron chi connectivity index (χ2n) is 7.97. The van der Waals surface area contributed by atoms with Crippen molar-refractivity contribution in [3.05, 3.63) is 47.1 Å². The van der Waals surface area contributed by atoms with Gasteiger partial charge in [0.25, 0.3) is 5.91 Å². The van der Waals surface area contributed by atoms with Crippen LogP contribution in [0.5, 0.6) is 0 Å². The molecule has 5 heteroatoms. The summed E-state index contributed by atoms with van der Waals surface area (Å²) in [5, 5.41) is 0. The van der Waals surface area contributed by atoms with Crippen LogP contribution in [0.2, 0.25) is 0 Å². The summed E-state index contributed by atoms with van der Waals surface area (Å²) < 4.78 is 41.5. The number of hydrogen-bond acceptors (Lipinski definition) is 1. The van der Waals surface area contributed by atoms with Gasteiger partial charge in [0.05, 0.1) is 5.57 Å². The fourth-order valence-electron chi connectivity index (χ4n) is 2.85. The first-order valence-corrected chi connectivity index (χ1v) is 8.92. The number of carbonyl (C=O) groups excluding carboxylic acids is 1. The number of allylic oxidation sites excluding steroid dienone is 5. The number of halogens is 3. The Balaban J connectivity index is 3.44. The zero-order chi connectivity index (χ0) is 20.8. The van der Waals surface area contributed by atoms with Crippen LogP contribution in [0, 0.1) is 17.8 Å². The van der Waals surface area contributed by atoms with Gasteiger partial charge in [-0.15, -0.1) is 6.42 Å². The van der Waals surface area contributed by atoms with E-state index in [2.05, 4.69) is 5.92 Å². The quantitative estimate of drug-likeness (QED) is 0.330. The van der Waals surface area contributed by atoms with Gasteiger partial charge in [0.2, 0.25) is 0 Å². The molecule has 0 saturated heterocycles. The van der Waals surface area contributed by atoms with Crippen LogP contribution in [-0.2, 0) is 4.79 Å². The largest absolute Gasteiger partial charge is 0.412 e. The number of nitrogens with zero attached hydrogens (tertiary/aromatic N) is 1. The van der Waals surface area contributed by atoms with Gasteiger partial charge in [-0.3, -0.25) is 4.79 Å². The van der Waals surface area contributed by atoms with Crippen molar-refractivity contribution >= 4 is 5.91 Å². The first kappa shape index (κ1) is 22.8. The second kappa shape index (κ2) is 9.12. The van der Waals surface area contributed by atoms with Crippen LogP contribution < -0.4 is 0 Å². The number of amides is 1. The van der Waals surface area contributed by atoms with Crippen molar-refractivity contribution < 1.29 is 18.0 Å². The molecule has 0 fully saturated rings. The maximum Gasteiger partial charge on any atom is 0.412 e. The van der Waals surface area contributed by atoms with E-state index >= 15 is 0 Å². The molecule has 0 aromatic rings. The van der Waals surface area contributed by atoms with Crippen molar-refractivity contribution in [1.82, 2.24) is 4.90 Å². The Labute approximate surface area is 160 Å². The fourth-order valence-corrected chi connectivity index (χ4v) is 2.85. The van der Waals surface area contributed by atoms with Gasteiger partial charge in [0, 0.05) is 6.54 Å². The average Bonchev–Trinajstić information content (AvgIpc) is 2.54. The van der Waals surface area contributed by atoms with Crippen LogP contribution in [0.1, 0.15) is 47.5 Å². The van der Waals surface area contributed by atoms with Gasteiger partial charge in [0.15, 0.2) is 0 Å². The monoisotopic (exact) mass is 379 g/mol. The fraction of sp³-hybridized carbons (Fsp3) is 0.500. The molecule has 0 aromatic heterocycles. The third-order valence-electron chi connectivity index (χ3n) is 3.95. The number of terminal acetylenes is 1. The molecule has 0 spiro atoms. The van der Waals surface area contributed by atoms with Crippen molar-refractivity contribution in [2.24, 2.45) is 5.41 Å². The van der Waals surface area contributed by atoms with Gasteiger partial charge in [0.1, 0.15) is 6.04 Å². The van der Waals surface area contributed by atoms with E-state index in [1.165, 1.54) is 0 Å². The second-order valence-corrected chi connectivity index (χ2v) is 7.97. The predicted molar refractivity (Wildman–Crippen MR) is 104 cm³/mol. The summed E-state index contributed by atoms with van der Waals surface area (Å²) in [4.78, 5) is 13.8. The molecule has 1 aliphatic heterocycles. The Morgan fingerprint density at radius 2 is 1.89 bits per heavy atom. The minimum Gasteiger partial charge on any atom is -0.322 e. The summed E-state index contributed by atoms with van der Waals surface area (Å²) in [7, 11) is 0. The Morgan fingerprint density at radius 1 is 1.26 bits per heavy atom. The summed E-state index contributed by atoms with van der Waals surface area (Å²) in [5.41, 5.74) is 1.04. The predicted octanol–water partition coefficient (Wildman–Crippen LogP) is 5.59. The molecular formula is C22H28F3NO. The summed E-state index contributed by atoms with van der Waals surface area (Å²) in [6, 6.07) is -2.01. The van der Waals surface area contributed by atoms with E-state index in [0.717, 1.165) is 16.5 Å². The standard InChI is InChI=1S/C22H28F3NO/c1-7-18(15-21(4,5)6)20(27)26-12-10-8-9-11-16(2)13-17(3)14-19(26)22(23,24)25/h1,8-9,11,14-15,19H,10,12-13H2,2-6H3/b9-8+,16-11-,17-14+,18-15+. The molecule has 1 atom stereocenters. The van der Waals surface area contributed by atoms with Gasteiger partial charge in [-0.25, -0.2) is 0 Å². The highest BCUT2D eigenvalue weighted by Crippen LogP contribution is 2.30. The van der Waals surface area contributed by atoms with Gasteiger partial charge in [-0.05, 0) is 32.1 Å². The molecule has 0 saturated carbocycles. The van der Waals surface area contributed by atoms with Gasteiger partial charge < -0.3 is 4.90 Å². The van der Waals surface area contributed by atoms with E-state index in [-0.39, 0.29) is 12.1 Å². The highest BCUT2D eigenvalue weighted by atomic mass is 19.4. The number of alkyl halides is 3. The molecule has 1 aliphatic rings. The maximum absolute atomic E-state index is 13.8. The Kier molecular flexibility index (Phi) is 7.71. The lowest BCUT2D eigenvalue weighted by Crippen LogP contribution is -2.48. The van der Waals surface area contributed by atoms with Crippen molar-refractivity contribution in [2.75, 3.05) is 6.54 Å². The zero-order valence-electron chi connectivity index (χ0n) is 16.7. The third-order valence-corrected chi connectivity index (χ3v) is 3.95. The number of carbonyl (C=O) groups is 1. The van der Waals surface area contributed by atoms with Crippen LogP contribution >= 0.6 is 0 Å². The van der Waals surface area contributed by atoms with Crippen LogP contribution in [0.4, 0.5) is 13.2 Å². The average molecular weight is 379 g/mol. The highest BCUT2D eigenvalue weighted by molar-refractivity contribution is 5.98. The lowest BCUT2D eigenvalue weighted by Gasteiger charge is -2.32. The van der Waals surface area contributed by atoms with E-state index in [4.69, 9.17) is 6.42 Å². The van der Waals surface area contributed by atoms with E-state index < -0.39 is 23.5 Å². The van der Waals surface area contributed by atoms with Crippen molar-refractivity contribution in [3.8, 4) is 12.3 Å². The normalized spacial score (nSPS) is 25.4. The first-order chi connectivity index (χ1) is 12.3. The van der Waals surface area contributed by atoms with Crippen LogP contribution in [0.3, 0.4) is 0 Å². The molecule has 1 amide bonds. The molecule has 148 valence electrons. The van der Waals surface area contributed by atoms with E-state index in [0.29, 0.717) is 18.4 Å². The molecule has 0 N–H and O–H groups in total. The SMILES string of the molecule is C#C/C(=C\C(C)(C)C)C(=O)N1CC/C=C/C=C(/C)C/C(C)=C/C1C(F)(F)F. The summed E-state index contributed by atoms with van der Waals surface area (Å²) in [5.74, 6) is 1.51. The maximum atomic E-state index is 13.8. The Bertz CT molecular complexity index is 709. The number of rotatable bonds is 1. The van der Waals surface area contributed by atoms with Gasteiger partial charge >= 0.3 is 6.18 Å². The number of hydrogen-bond donors (Lipinski definition) is 0. The molecule has 1 heterocycles. The molecule has 27 heavy (non-hydrogen) atoms. The Morgan fingerprint density at radius 3 is 2.41 bits per heavy atom. The minimum absolute atomic E-state index is 0.0454. The van der Waals surface area contributed by atoms with E-state index in [9.17, 15) is 18.0 Å². The molecule has 1 unspecified atom stereocenters. The molecular weight excluding hydrogens is 351 g/mol. The van der Waals surface area contributed by atoms with Crippen molar-refractivity contribution in [1.29, 1.82) is 0 Å². The summed E-state index contributed by atoms with van der Waals surface area (Å²) >= 11 is 0. The van der Waals surface area contributed by atoms with Crippen molar-refractivity contribution in [2.45, 2.75) is 59.7 Å². The third kappa shape index (κ3) is 7.50. The Hall–Kier alpha value is -2.22. The van der Waals surface area contributed by atoms with Crippen LogP contribution in [0.25, 0.3) is 0 Å². The molecule has 2 nitrogen and oxygen atoms in total. The molecule has 0 aromatic carbocycles. The molecule has 1 rings (SSSR count). The smallest absolute Gasteiger partial charge is 0.322 e. The zero-order valence-corrected chi connectivity index (χ0v) is 16.7. The summed E-state index contributed by atoms with van der Waals surface area (Å²) in [6.07, 6.45) is 9.72. The van der Waals surface area contributed by atoms with Crippen LogP contribution in [0.15, 0.2) is 47.1 Å². The topological polar surface area (TPSA) is 20.3 Å². The minimum atomic E-state index is -4.59. The molecule has 0 bridgehead atoms. The molecule has 0 radical (unpaired) electrons. The highest BCUT2D eigenvalue weighted by Gasteiger charge is 2.44. The van der Waals surface area contributed by atoms with E-state index in [1.807, 2.05) is 39.8 Å². The first-order valence-electron chi connectivity index (χ1n) is 8.92. The molecule has 0 aliphatic carbocycles. The van der Waals surface area contributed by atoms with Crippen LogP contribution in [-0.4, -0.2) is 29.6 Å². The van der Waals surface area contributed by atoms with E-state index in [1.54, 1.807) is 19.1 Å². The summed E-state index contributed by atoms with van der Waals surface area (Å²) in [6.45, 7) is 8.97.